The number of rotatable bonds is 3. The topological polar surface area (TPSA) is 44.4 Å². The predicted octanol–water partition coefficient (Wildman–Crippen LogP) is 2.80. The predicted molar refractivity (Wildman–Crippen MR) is 82.3 cm³/mol. The molecule has 2 N–H and O–H groups in total. The number of nitrogens with zero attached hydrogens (tertiary/aromatic N) is 1. The van der Waals surface area contributed by atoms with Gasteiger partial charge < -0.3 is 15.5 Å². The molecule has 1 atom stereocenters. The Morgan fingerprint density at radius 2 is 2.10 bits per heavy atom. The maximum atomic E-state index is 11.1. The van der Waals surface area contributed by atoms with Crippen LogP contribution < -0.4 is 10.6 Å². The molecule has 0 radical (unpaired) electrons. The molecule has 0 spiro atoms. The van der Waals surface area contributed by atoms with Crippen molar-refractivity contribution in [2.24, 2.45) is 5.92 Å². The Morgan fingerprint density at radius 3 is 2.65 bits per heavy atom. The zero-order valence-electron chi connectivity index (χ0n) is 11.7. The second kappa shape index (κ2) is 5.62. The van der Waals surface area contributed by atoms with Crippen LogP contribution in [0.25, 0.3) is 0 Å². The van der Waals surface area contributed by atoms with E-state index in [0.29, 0.717) is 16.8 Å². The first-order valence-corrected chi connectivity index (χ1v) is 7.55. The normalized spacial score (nSPS) is 28.2. The van der Waals surface area contributed by atoms with Crippen molar-refractivity contribution >= 4 is 28.9 Å². The van der Waals surface area contributed by atoms with Crippen molar-refractivity contribution in [2.75, 3.05) is 30.3 Å². The van der Waals surface area contributed by atoms with Gasteiger partial charge in [-0.3, -0.25) is 4.79 Å². The summed E-state index contributed by atoms with van der Waals surface area (Å²) < 4.78 is 0. The van der Waals surface area contributed by atoms with E-state index >= 15 is 0 Å². The van der Waals surface area contributed by atoms with Crippen LogP contribution in [0.3, 0.4) is 0 Å². The van der Waals surface area contributed by atoms with Crippen molar-refractivity contribution < 1.29 is 4.79 Å². The van der Waals surface area contributed by atoms with Crippen LogP contribution in [0.1, 0.15) is 19.8 Å². The molecule has 2 bridgehead atoms. The Balaban J connectivity index is 1.69. The summed E-state index contributed by atoms with van der Waals surface area (Å²) in [4.78, 5) is 13.6. The quantitative estimate of drug-likeness (QED) is 0.901. The number of hydrogen-bond donors (Lipinski definition) is 2. The highest BCUT2D eigenvalue weighted by atomic mass is 35.5. The number of hydrogen-bond acceptors (Lipinski definition) is 3. The van der Waals surface area contributed by atoms with Gasteiger partial charge in [-0.15, -0.1) is 0 Å². The van der Waals surface area contributed by atoms with Gasteiger partial charge in [0.05, 0.1) is 10.7 Å². The van der Waals surface area contributed by atoms with Gasteiger partial charge in [-0.25, -0.2) is 0 Å². The fourth-order valence-corrected chi connectivity index (χ4v) is 3.47. The lowest BCUT2D eigenvalue weighted by Gasteiger charge is -2.45. The molecular formula is C15H20ClN3O. The lowest BCUT2D eigenvalue weighted by Crippen LogP contribution is -2.53. The maximum Gasteiger partial charge on any atom is 0.221 e. The fourth-order valence-electron chi connectivity index (χ4n) is 3.24. The Bertz CT molecular complexity index is 512. The molecule has 3 aliphatic heterocycles. The van der Waals surface area contributed by atoms with Crippen LogP contribution in [-0.2, 0) is 4.79 Å². The standard InChI is InChI=1S/C15H20ClN3O/c1-10(20)17-14-3-2-12(8-13(14)16)18-15-9-19-6-4-11(15)5-7-19/h2-3,8,11,15,18H,4-7,9H2,1H3,(H,17,20). The Kier molecular flexibility index (Phi) is 3.85. The van der Waals surface area contributed by atoms with Crippen LogP contribution in [0.2, 0.25) is 5.02 Å². The summed E-state index contributed by atoms with van der Waals surface area (Å²) in [5, 5.41) is 6.89. The second-order valence-electron chi connectivity index (χ2n) is 5.76. The molecule has 3 saturated heterocycles. The van der Waals surface area contributed by atoms with Crippen LogP contribution in [0.15, 0.2) is 18.2 Å². The van der Waals surface area contributed by atoms with Gasteiger partial charge in [-0.2, -0.15) is 0 Å². The minimum absolute atomic E-state index is 0.106. The van der Waals surface area contributed by atoms with Gasteiger partial charge in [0, 0.05) is 25.2 Å². The molecule has 3 fully saturated rings. The zero-order valence-corrected chi connectivity index (χ0v) is 12.4. The number of benzene rings is 1. The monoisotopic (exact) mass is 293 g/mol. The van der Waals surface area contributed by atoms with E-state index < -0.39 is 0 Å². The number of fused-ring (bicyclic) bond motifs is 3. The summed E-state index contributed by atoms with van der Waals surface area (Å²) in [6, 6.07) is 6.24. The van der Waals surface area contributed by atoms with Crippen molar-refractivity contribution in [3.8, 4) is 0 Å². The first-order valence-electron chi connectivity index (χ1n) is 7.18. The molecule has 0 aliphatic carbocycles. The SMILES string of the molecule is CC(=O)Nc1ccc(NC2CN3CCC2CC3)cc1Cl. The minimum atomic E-state index is -0.106. The smallest absolute Gasteiger partial charge is 0.221 e. The third kappa shape index (κ3) is 2.91. The minimum Gasteiger partial charge on any atom is -0.381 e. The third-order valence-corrected chi connectivity index (χ3v) is 4.60. The number of nitrogens with one attached hydrogen (secondary N) is 2. The molecule has 5 heteroatoms. The summed E-state index contributed by atoms with van der Waals surface area (Å²) in [6.45, 7) is 5.08. The first-order chi connectivity index (χ1) is 9.61. The lowest BCUT2D eigenvalue weighted by molar-refractivity contribution is -0.114. The van der Waals surface area contributed by atoms with E-state index in [-0.39, 0.29) is 5.91 Å². The van der Waals surface area contributed by atoms with E-state index in [1.165, 1.54) is 32.9 Å². The zero-order chi connectivity index (χ0) is 14.1. The van der Waals surface area contributed by atoms with E-state index in [4.69, 9.17) is 11.6 Å². The number of carbonyl (C=O) groups is 1. The molecule has 4 rings (SSSR count). The molecule has 3 aliphatic rings. The summed E-state index contributed by atoms with van der Waals surface area (Å²) in [5.41, 5.74) is 1.70. The number of anilines is 2. The highest BCUT2D eigenvalue weighted by molar-refractivity contribution is 6.34. The van der Waals surface area contributed by atoms with Crippen LogP contribution in [0.5, 0.6) is 0 Å². The van der Waals surface area contributed by atoms with Crippen molar-refractivity contribution in [1.82, 2.24) is 4.90 Å². The fraction of sp³-hybridized carbons (Fsp3) is 0.533. The Morgan fingerprint density at radius 1 is 1.35 bits per heavy atom. The van der Waals surface area contributed by atoms with Crippen LogP contribution >= 0.6 is 11.6 Å². The highest BCUT2D eigenvalue weighted by Gasteiger charge is 2.33. The van der Waals surface area contributed by atoms with Crippen molar-refractivity contribution in [2.45, 2.75) is 25.8 Å². The van der Waals surface area contributed by atoms with Gasteiger partial charge >= 0.3 is 0 Å². The van der Waals surface area contributed by atoms with Crippen LogP contribution in [0.4, 0.5) is 11.4 Å². The molecule has 1 aromatic carbocycles. The van der Waals surface area contributed by atoms with Crippen molar-refractivity contribution in [3.63, 3.8) is 0 Å². The highest BCUT2D eigenvalue weighted by Crippen LogP contribution is 2.31. The number of carbonyl (C=O) groups excluding carboxylic acids is 1. The average molecular weight is 294 g/mol. The van der Waals surface area contributed by atoms with Crippen LogP contribution in [0, 0.1) is 5.92 Å². The summed E-state index contributed by atoms with van der Waals surface area (Å²) >= 11 is 6.21. The van der Waals surface area contributed by atoms with E-state index in [1.54, 1.807) is 0 Å². The van der Waals surface area contributed by atoms with E-state index in [9.17, 15) is 4.79 Å². The van der Waals surface area contributed by atoms with Gasteiger partial charge in [-0.05, 0) is 50.0 Å². The van der Waals surface area contributed by atoms with E-state index in [2.05, 4.69) is 15.5 Å². The van der Waals surface area contributed by atoms with E-state index in [0.717, 1.165) is 18.2 Å². The first kappa shape index (κ1) is 13.7. The summed E-state index contributed by atoms with van der Waals surface area (Å²) in [5.74, 6) is 0.666. The molecule has 0 saturated carbocycles. The summed E-state index contributed by atoms with van der Waals surface area (Å²) in [6.07, 6.45) is 2.57. The molecule has 1 aromatic rings. The van der Waals surface area contributed by atoms with Gasteiger partial charge in [0.15, 0.2) is 0 Å². The Labute approximate surface area is 124 Å². The molecule has 1 amide bonds. The third-order valence-electron chi connectivity index (χ3n) is 4.29. The molecule has 20 heavy (non-hydrogen) atoms. The number of halogens is 1. The largest absolute Gasteiger partial charge is 0.381 e. The summed E-state index contributed by atoms with van der Waals surface area (Å²) in [7, 11) is 0. The van der Waals surface area contributed by atoms with Gasteiger partial charge in [-0.1, -0.05) is 11.6 Å². The molecule has 4 nitrogen and oxygen atoms in total. The van der Waals surface area contributed by atoms with Gasteiger partial charge in [0.2, 0.25) is 5.91 Å². The lowest BCUT2D eigenvalue weighted by atomic mass is 9.84. The van der Waals surface area contributed by atoms with Crippen molar-refractivity contribution in [3.05, 3.63) is 23.2 Å². The molecule has 108 valence electrons. The van der Waals surface area contributed by atoms with Crippen molar-refractivity contribution in [1.29, 1.82) is 0 Å². The van der Waals surface area contributed by atoms with Gasteiger partial charge in [0.25, 0.3) is 0 Å². The Hall–Kier alpha value is -1.26. The molecule has 1 unspecified atom stereocenters. The second-order valence-corrected chi connectivity index (χ2v) is 6.17. The maximum absolute atomic E-state index is 11.1. The molecule has 0 aromatic heterocycles. The van der Waals surface area contributed by atoms with E-state index in [1.807, 2.05) is 18.2 Å². The number of piperidine rings is 3. The molecule has 3 heterocycles. The van der Waals surface area contributed by atoms with Crippen LogP contribution in [-0.4, -0.2) is 36.5 Å². The van der Waals surface area contributed by atoms with Gasteiger partial charge in [0.1, 0.15) is 0 Å². The average Bonchev–Trinajstić information content (AvgIpc) is 2.43. The molecular weight excluding hydrogens is 274 g/mol. The number of amides is 1.